The van der Waals surface area contributed by atoms with Crippen molar-refractivity contribution in [2.75, 3.05) is 6.54 Å². The second-order valence-electron chi connectivity index (χ2n) is 4.15. The van der Waals surface area contributed by atoms with E-state index in [4.69, 9.17) is 5.73 Å². The number of thiophene rings is 1. The van der Waals surface area contributed by atoms with Crippen LogP contribution in [0.3, 0.4) is 0 Å². The summed E-state index contributed by atoms with van der Waals surface area (Å²) in [6.45, 7) is 2.38. The largest absolute Gasteiger partial charge is 0.387 e. The van der Waals surface area contributed by atoms with Crippen molar-refractivity contribution in [2.24, 2.45) is 5.73 Å². The van der Waals surface area contributed by atoms with Crippen molar-refractivity contribution in [3.63, 3.8) is 0 Å². The van der Waals surface area contributed by atoms with Crippen molar-refractivity contribution in [1.82, 2.24) is 4.98 Å². The lowest BCUT2D eigenvalue weighted by atomic mass is 9.96. The Morgan fingerprint density at radius 1 is 1.50 bits per heavy atom. The van der Waals surface area contributed by atoms with Crippen LogP contribution in [-0.4, -0.2) is 16.6 Å². The summed E-state index contributed by atoms with van der Waals surface area (Å²) in [6, 6.07) is 7.66. The Hall–Kier alpha value is -0.750. The van der Waals surface area contributed by atoms with Crippen molar-refractivity contribution < 1.29 is 5.11 Å². The van der Waals surface area contributed by atoms with Crippen molar-refractivity contribution in [2.45, 2.75) is 18.9 Å². The van der Waals surface area contributed by atoms with E-state index in [-0.39, 0.29) is 5.92 Å². The van der Waals surface area contributed by atoms with Gasteiger partial charge in [0.1, 0.15) is 0 Å². The van der Waals surface area contributed by atoms with Crippen LogP contribution >= 0.6 is 27.3 Å². The zero-order valence-corrected chi connectivity index (χ0v) is 12.4. The van der Waals surface area contributed by atoms with E-state index < -0.39 is 6.10 Å². The first kappa shape index (κ1) is 13.7. The molecule has 0 bridgehead atoms. The van der Waals surface area contributed by atoms with Gasteiger partial charge in [0.05, 0.1) is 9.89 Å². The van der Waals surface area contributed by atoms with Gasteiger partial charge in [0, 0.05) is 29.2 Å². The van der Waals surface area contributed by atoms with Crippen LogP contribution in [0.1, 0.15) is 28.2 Å². The van der Waals surface area contributed by atoms with E-state index in [0.29, 0.717) is 6.54 Å². The van der Waals surface area contributed by atoms with Gasteiger partial charge in [-0.1, -0.05) is 6.07 Å². The van der Waals surface area contributed by atoms with E-state index in [2.05, 4.69) is 20.9 Å². The van der Waals surface area contributed by atoms with Gasteiger partial charge in [-0.05, 0) is 46.6 Å². The highest BCUT2D eigenvalue weighted by atomic mass is 79.9. The quantitative estimate of drug-likeness (QED) is 0.908. The van der Waals surface area contributed by atoms with E-state index in [9.17, 15) is 5.11 Å². The number of nitrogens with two attached hydrogens (primary N) is 1. The molecule has 0 aliphatic heterocycles. The summed E-state index contributed by atoms with van der Waals surface area (Å²) >= 11 is 5.02. The van der Waals surface area contributed by atoms with E-state index in [1.54, 1.807) is 17.5 Å². The number of halogens is 1. The molecular weight excluding hydrogens is 312 g/mol. The fraction of sp³-hybridized carbons (Fsp3) is 0.308. The molecule has 0 aliphatic rings. The molecule has 96 valence electrons. The number of aromatic nitrogens is 1. The maximum Gasteiger partial charge on any atom is 0.0978 e. The van der Waals surface area contributed by atoms with Gasteiger partial charge < -0.3 is 10.8 Å². The minimum Gasteiger partial charge on any atom is -0.387 e. The second kappa shape index (κ2) is 5.93. The monoisotopic (exact) mass is 326 g/mol. The molecule has 18 heavy (non-hydrogen) atoms. The number of aliphatic hydroxyl groups excluding tert-OH is 1. The maximum absolute atomic E-state index is 10.4. The first-order valence-electron chi connectivity index (χ1n) is 5.68. The Bertz CT molecular complexity index is 495. The van der Waals surface area contributed by atoms with Gasteiger partial charge in [-0.25, -0.2) is 0 Å². The summed E-state index contributed by atoms with van der Waals surface area (Å²) in [6.07, 6.45) is 1.11. The molecule has 2 rings (SSSR count). The molecule has 2 aromatic rings. The molecule has 2 atom stereocenters. The van der Waals surface area contributed by atoms with Gasteiger partial charge in [-0.15, -0.1) is 11.3 Å². The number of aliphatic hydroxyl groups is 1. The highest BCUT2D eigenvalue weighted by Crippen LogP contribution is 2.37. The average molecular weight is 327 g/mol. The number of aryl methyl sites for hydroxylation is 1. The van der Waals surface area contributed by atoms with E-state index in [1.165, 1.54) is 0 Å². The minimum atomic E-state index is -0.611. The van der Waals surface area contributed by atoms with Gasteiger partial charge in [0.2, 0.25) is 0 Å². The molecule has 0 aliphatic carbocycles. The van der Waals surface area contributed by atoms with Gasteiger partial charge in [0.15, 0.2) is 0 Å². The fourth-order valence-electron chi connectivity index (χ4n) is 1.83. The van der Waals surface area contributed by atoms with Crippen LogP contribution in [-0.2, 0) is 0 Å². The molecule has 3 nitrogen and oxygen atoms in total. The van der Waals surface area contributed by atoms with Crippen molar-refractivity contribution in [3.05, 3.63) is 50.4 Å². The number of nitrogens with zero attached hydrogens (tertiary/aromatic N) is 1. The Morgan fingerprint density at radius 2 is 2.28 bits per heavy atom. The van der Waals surface area contributed by atoms with Crippen LogP contribution in [0.25, 0.3) is 0 Å². The van der Waals surface area contributed by atoms with E-state index in [1.807, 2.05) is 31.2 Å². The molecule has 0 fully saturated rings. The normalized spacial score (nSPS) is 14.4. The topological polar surface area (TPSA) is 59.1 Å². The Labute approximate surface area is 119 Å². The zero-order valence-electron chi connectivity index (χ0n) is 10.0. The SMILES string of the molecule is Cc1cc(C(O)C(CN)c2ccccn2)sc1Br. The van der Waals surface area contributed by atoms with Gasteiger partial charge in [0.25, 0.3) is 0 Å². The standard InChI is InChI=1S/C13H15BrN2OS/c1-8-6-11(18-13(8)14)12(17)9(7-15)10-4-2-3-5-16-10/h2-6,9,12,17H,7,15H2,1H3. The molecule has 0 aromatic carbocycles. The summed E-state index contributed by atoms with van der Waals surface area (Å²) in [5.74, 6) is -0.170. The highest BCUT2D eigenvalue weighted by Gasteiger charge is 2.24. The maximum atomic E-state index is 10.4. The molecule has 0 saturated carbocycles. The third-order valence-corrected chi connectivity index (χ3v) is 5.08. The van der Waals surface area contributed by atoms with E-state index >= 15 is 0 Å². The minimum absolute atomic E-state index is 0.170. The van der Waals surface area contributed by atoms with Crippen LogP contribution < -0.4 is 5.73 Å². The molecule has 0 saturated heterocycles. The van der Waals surface area contributed by atoms with Crippen molar-refractivity contribution >= 4 is 27.3 Å². The first-order valence-corrected chi connectivity index (χ1v) is 7.29. The molecule has 2 aromatic heterocycles. The summed E-state index contributed by atoms with van der Waals surface area (Å²) in [5.41, 5.74) is 7.74. The summed E-state index contributed by atoms with van der Waals surface area (Å²) in [5, 5.41) is 10.4. The third-order valence-electron chi connectivity index (χ3n) is 2.87. The Kier molecular flexibility index (Phi) is 4.50. The summed E-state index contributed by atoms with van der Waals surface area (Å²) < 4.78 is 1.05. The van der Waals surface area contributed by atoms with Crippen LogP contribution in [0.15, 0.2) is 34.2 Å². The molecule has 0 radical (unpaired) electrons. The first-order chi connectivity index (χ1) is 8.63. The third kappa shape index (κ3) is 2.80. The Morgan fingerprint density at radius 3 is 2.78 bits per heavy atom. The van der Waals surface area contributed by atoms with Gasteiger partial charge in [-0.2, -0.15) is 0 Å². The predicted octanol–water partition coefficient (Wildman–Crippen LogP) is 2.99. The molecule has 0 spiro atoms. The van der Waals surface area contributed by atoms with Crippen LogP contribution in [0.5, 0.6) is 0 Å². The lowest BCUT2D eigenvalue weighted by molar-refractivity contribution is 0.149. The number of rotatable bonds is 4. The van der Waals surface area contributed by atoms with Gasteiger partial charge in [-0.3, -0.25) is 4.98 Å². The summed E-state index contributed by atoms with van der Waals surface area (Å²) in [7, 11) is 0. The van der Waals surface area contributed by atoms with Crippen LogP contribution in [0.2, 0.25) is 0 Å². The Balaban J connectivity index is 2.28. The zero-order chi connectivity index (χ0) is 13.1. The second-order valence-corrected chi connectivity index (χ2v) is 6.55. The van der Waals surface area contributed by atoms with Crippen molar-refractivity contribution in [1.29, 1.82) is 0 Å². The molecule has 0 amide bonds. The summed E-state index contributed by atoms with van der Waals surface area (Å²) in [4.78, 5) is 5.20. The molecule has 3 N–H and O–H groups in total. The van der Waals surface area contributed by atoms with E-state index in [0.717, 1.165) is 19.9 Å². The molecular formula is C13H15BrN2OS. The lowest BCUT2D eigenvalue weighted by Gasteiger charge is -2.19. The highest BCUT2D eigenvalue weighted by molar-refractivity contribution is 9.11. The molecule has 2 heterocycles. The van der Waals surface area contributed by atoms with Crippen LogP contribution in [0, 0.1) is 6.92 Å². The van der Waals surface area contributed by atoms with Crippen molar-refractivity contribution in [3.8, 4) is 0 Å². The predicted molar refractivity (Wildman–Crippen MR) is 77.7 cm³/mol. The average Bonchev–Trinajstić information content (AvgIpc) is 2.72. The molecule has 5 heteroatoms. The lowest BCUT2D eigenvalue weighted by Crippen LogP contribution is -2.20. The number of hydrogen-bond donors (Lipinski definition) is 2. The smallest absolute Gasteiger partial charge is 0.0978 e. The number of pyridine rings is 1. The molecule has 2 unspecified atom stereocenters. The van der Waals surface area contributed by atoms with Crippen LogP contribution in [0.4, 0.5) is 0 Å². The fourth-order valence-corrected chi connectivity index (χ4v) is 3.46. The van der Waals surface area contributed by atoms with Gasteiger partial charge >= 0.3 is 0 Å². The number of hydrogen-bond acceptors (Lipinski definition) is 4.